The number of nitrogens with zero attached hydrogens (tertiary/aromatic N) is 1. The van der Waals surface area contributed by atoms with Crippen LogP contribution in [0.2, 0.25) is 0 Å². The van der Waals surface area contributed by atoms with Crippen LogP contribution in [0.3, 0.4) is 0 Å². The van der Waals surface area contributed by atoms with Crippen molar-refractivity contribution in [2.75, 3.05) is 23.9 Å². The monoisotopic (exact) mass is 425 g/mol. The molecule has 1 fully saturated rings. The summed E-state index contributed by atoms with van der Waals surface area (Å²) in [6.07, 6.45) is 2.71. The van der Waals surface area contributed by atoms with Gasteiger partial charge in [0, 0.05) is 19.9 Å². The zero-order valence-electron chi connectivity index (χ0n) is 16.3. The van der Waals surface area contributed by atoms with Crippen molar-refractivity contribution < 1.29 is 27.7 Å². The molecule has 2 atom stereocenters. The smallest absolute Gasteiger partial charge is 0.308 e. The van der Waals surface area contributed by atoms with Crippen LogP contribution in [0.4, 0.5) is 10.1 Å². The second-order valence-electron chi connectivity index (χ2n) is 6.74. The van der Waals surface area contributed by atoms with E-state index in [1.165, 1.54) is 13.0 Å². The van der Waals surface area contributed by atoms with Gasteiger partial charge in [-0.05, 0) is 42.7 Å². The first kappa shape index (κ1) is 21.3. The van der Waals surface area contributed by atoms with Crippen LogP contribution in [0.1, 0.15) is 38.7 Å². The molecule has 0 radical (unpaired) electrons. The van der Waals surface area contributed by atoms with Crippen molar-refractivity contribution in [2.24, 2.45) is 0 Å². The number of esters is 1. The number of nitrogens with one attached hydrogen (secondary N) is 2. The van der Waals surface area contributed by atoms with Crippen LogP contribution in [-0.4, -0.2) is 42.0 Å². The fourth-order valence-electron chi connectivity index (χ4n) is 3.14. The molecule has 0 bridgehead atoms. The highest BCUT2D eigenvalue weighted by Gasteiger charge is 2.33. The lowest BCUT2D eigenvalue weighted by Crippen LogP contribution is -2.27. The Morgan fingerprint density at radius 3 is 2.83 bits per heavy atom. The fourth-order valence-corrected chi connectivity index (χ4v) is 4.09. The number of ether oxygens (including phenoxy) is 2. The second kappa shape index (κ2) is 9.36. The molecule has 2 unspecified atom stereocenters. The third-order valence-corrected chi connectivity index (χ3v) is 5.52. The molecule has 29 heavy (non-hydrogen) atoms. The molecule has 3 rings (SSSR count). The van der Waals surface area contributed by atoms with Gasteiger partial charge in [0.2, 0.25) is 17.5 Å². The first-order chi connectivity index (χ1) is 13.9. The van der Waals surface area contributed by atoms with Gasteiger partial charge in [-0.25, -0.2) is 8.60 Å². The third-order valence-electron chi connectivity index (χ3n) is 4.41. The molecule has 1 amide bonds. The molecule has 158 valence electrons. The summed E-state index contributed by atoms with van der Waals surface area (Å²) in [5.41, 5.74) is 1.39. The van der Waals surface area contributed by atoms with Gasteiger partial charge >= 0.3 is 5.97 Å². The zero-order chi connectivity index (χ0) is 21.0. The highest BCUT2D eigenvalue weighted by Crippen LogP contribution is 2.37. The normalized spacial score (nSPS) is 20.1. The van der Waals surface area contributed by atoms with E-state index in [1.54, 1.807) is 6.07 Å². The van der Waals surface area contributed by atoms with Crippen molar-refractivity contribution in [1.82, 2.24) is 10.0 Å². The Morgan fingerprint density at radius 2 is 2.21 bits per heavy atom. The lowest BCUT2D eigenvalue weighted by atomic mass is 10.0. The number of hydrogen-bond acceptors (Lipinski definition) is 6. The molecule has 0 aliphatic carbocycles. The number of hydrogen-bond donors (Lipinski definition) is 2. The molecule has 2 aliphatic rings. The Bertz CT molecular complexity index is 860. The number of carbonyl (C=O) groups excluding carboxylic acids is 2. The average molecular weight is 425 g/mol. The van der Waals surface area contributed by atoms with Gasteiger partial charge < -0.3 is 14.8 Å². The molecule has 2 N–H and O–H groups in total. The van der Waals surface area contributed by atoms with Crippen LogP contribution in [0.5, 0.6) is 5.75 Å². The number of amides is 1. The number of anilines is 1. The number of benzene rings is 1. The maximum atomic E-state index is 15.1. The van der Waals surface area contributed by atoms with Gasteiger partial charge in [0.15, 0.2) is 11.6 Å². The third kappa shape index (κ3) is 5.13. The Morgan fingerprint density at radius 1 is 1.41 bits per heavy atom. The molecule has 2 aliphatic heterocycles. The first-order valence-electron chi connectivity index (χ1n) is 9.47. The van der Waals surface area contributed by atoms with Gasteiger partial charge in [-0.1, -0.05) is 13.0 Å². The molecular formula is C19H24FN3O5S. The summed E-state index contributed by atoms with van der Waals surface area (Å²) in [7, 11) is 0. The standard InChI is InChI=1S/C19H24FN3O5S/c1-3-5-18(25)28-12(2)27-16-9-14(13-6-4-7-21-10-13)8-15(20)19(16)23-11-17(24)22-29(23)26/h6,8-9,12,21H,3-5,7,10-11H2,1-2H3,(H,22,24). The first-order valence-corrected chi connectivity index (χ1v) is 10.6. The zero-order valence-corrected chi connectivity index (χ0v) is 17.1. The van der Waals surface area contributed by atoms with Gasteiger partial charge in [-0.3, -0.25) is 18.6 Å². The van der Waals surface area contributed by atoms with Gasteiger partial charge in [0.25, 0.3) is 5.91 Å². The van der Waals surface area contributed by atoms with E-state index in [2.05, 4.69) is 10.0 Å². The minimum absolute atomic E-state index is 0.0492. The highest BCUT2D eigenvalue weighted by atomic mass is 32.2. The summed E-state index contributed by atoms with van der Waals surface area (Å²) in [6.45, 7) is 4.52. The Balaban J connectivity index is 1.95. The lowest BCUT2D eigenvalue weighted by Gasteiger charge is -2.23. The molecule has 0 saturated carbocycles. The number of carbonyl (C=O) groups is 2. The van der Waals surface area contributed by atoms with E-state index < -0.39 is 35.2 Å². The van der Waals surface area contributed by atoms with Crippen molar-refractivity contribution >= 4 is 34.3 Å². The molecule has 0 spiro atoms. The van der Waals surface area contributed by atoms with E-state index in [9.17, 15) is 13.8 Å². The molecule has 10 heteroatoms. The van der Waals surface area contributed by atoms with E-state index in [1.807, 2.05) is 13.0 Å². The Kier molecular flexibility index (Phi) is 6.86. The summed E-state index contributed by atoms with van der Waals surface area (Å²) in [5.74, 6) is -1.55. The predicted molar refractivity (Wildman–Crippen MR) is 107 cm³/mol. The fraction of sp³-hybridized carbons (Fsp3) is 0.474. The number of halogens is 1. The van der Waals surface area contributed by atoms with Crippen LogP contribution < -0.4 is 19.1 Å². The van der Waals surface area contributed by atoms with E-state index in [4.69, 9.17) is 9.47 Å². The molecular weight excluding hydrogens is 401 g/mol. The molecule has 8 nitrogen and oxygen atoms in total. The van der Waals surface area contributed by atoms with Crippen molar-refractivity contribution in [3.63, 3.8) is 0 Å². The lowest BCUT2D eigenvalue weighted by molar-refractivity contribution is -0.161. The molecule has 1 aromatic carbocycles. The summed E-state index contributed by atoms with van der Waals surface area (Å²) in [5, 5.41) is 3.22. The summed E-state index contributed by atoms with van der Waals surface area (Å²) >= 11 is -1.92. The summed E-state index contributed by atoms with van der Waals surface area (Å²) in [6, 6.07) is 2.94. The molecule has 1 saturated heterocycles. The molecule has 0 aromatic heterocycles. The largest absolute Gasteiger partial charge is 0.453 e. The van der Waals surface area contributed by atoms with E-state index in [0.717, 1.165) is 22.8 Å². The molecule has 1 aromatic rings. The maximum absolute atomic E-state index is 15.1. The maximum Gasteiger partial charge on any atom is 0.308 e. The van der Waals surface area contributed by atoms with Gasteiger partial charge in [-0.2, -0.15) is 0 Å². The Labute approximate surface area is 171 Å². The van der Waals surface area contributed by atoms with E-state index >= 15 is 4.39 Å². The van der Waals surface area contributed by atoms with Gasteiger partial charge in [0.05, 0.1) is 0 Å². The van der Waals surface area contributed by atoms with Crippen LogP contribution in [-0.2, 0) is 25.5 Å². The van der Waals surface area contributed by atoms with Crippen molar-refractivity contribution in [2.45, 2.75) is 39.4 Å². The highest BCUT2D eigenvalue weighted by molar-refractivity contribution is 7.85. The minimum Gasteiger partial charge on any atom is -0.453 e. The predicted octanol–water partition coefficient (Wildman–Crippen LogP) is 1.79. The van der Waals surface area contributed by atoms with E-state index in [0.29, 0.717) is 18.5 Å². The SMILES string of the molecule is CCCC(=O)OC(C)Oc1cc(C2=CCCNC2)cc(F)c1N1CC(=O)NS1=O. The summed E-state index contributed by atoms with van der Waals surface area (Å²) in [4.78, 5) is 23.4. The van der Waals surface area contributed by atoms with E-state index in [-0.39, 0.29) is 24.4 Å². The topological polar surface area (TPSA) is 97.0 Å². The van der Waals surface area contributed by atoms with Gasteiger partial charge in [0.1, 0.15) is 12.2 Å². The minimum atomic E-state index is -1.92. The number of rotatable bonds is 7. The van der Waals surface area contributed by atoms with Gasteiger partial charge in [-0.15, -0.1) is 0 Å². The molecule has 2 heterocycles. The van der Waals surface area contributed by atoms with Crippen molar-refractivity contribution in [1.29, 1.82) is 0 Å². The quantitative estimate of drug-likeness (QED) is 0.511. The van der Waals surface area contributed by atoms with Crippen LogP contribution in [0, 0.1) is 5.82 Å². The van der Waals surface area contributed by atoms with Crippen LogP contribution in [0.25, 0.3) is 5.57 Å². The summed E-state index contributed by atoms with van der Waals surface area (Å²) < 4.78 is 41.5. The van der Waals surface area contributed by atoms with Crippen molar-refractivity contribution in [3.05, 3.63) is 29.6 Å². The van der Waals surface area contributed by atoms with Crippen molar-refractivity contribution in [3.8, 4) is 5.75 Å². The van der Waals surface area contributed by atoms with Crippen LogP contribution >= 0.6 is 0 Å². The van der Waals surface area contributed by atoms with Crippen LogP contribution in [0.15, 0.2) is 18.2 Å². The Hall–Kier alpha value is -2.46. The second-order valence-corrected chi connectivity index (χ2v) is 7.88. The average Bonchev–Trinajstić information content (AvgIpc) is 2.99.